The SMILES string of the molecule is CCCNC(c1ccncc1)c1ccc(F)c(C)c1. The Morgan fingerprint density at radius 2 is 1.89 bits per heavy atom. The molecule has 0 spiro atoms. The molecule has 3 heteroatoms. The molecule has 19 heavy (non-hydrogen) atoms. The van der Waals surface area contributed by atoms with Gasteiger partial charge in [-0.25, -0.2) is 4.39 Å². The highest BCUT2D eigenvalue weighted by molar-refractivity contribution is 5.33. The minimum absolute atomic E-state index is 0.0854. The van der Waals surface area contributed by atoms with Crippen LogP contribution in [0.4, 0.5) is 4.39 Å². The molecule has 0 aliphatic heterocycles. The van der Waals surface area contributed by atoms with Crippen molar-refractivity contribution in [2.75, 3.05) is 6.54 Å². The van der Waals surface area contributed by atoms with Crippen molar-refractivity contribution in [3.05, 3.63) is 65.2 Å². The van der Waals surface area contributed by atoms with Gasteiger partial charge in [0.25, 0.3) is 0 Å². The van der Waals surface area contributed by atoms with Crippen LogP contribution in [-0.2, 0) is 0 Å². The normalized spacial score (nSPS) is 12.4. The molecule has 0 aliphatic rings. The van der Waals surface area contributed by atoms with E-state index in [4.69, 9.17) is 0 Å². The second-order valence-electron chi connectivity index (χ2n) is 4.68. The average Bonchev–Trinajstić information content (AvgIpc) is 2.44. The summed E-state index contributed by atoms with van der Waals surface area (Å²) in [6.45, 7) is 4.85. The van der Waals surface area contributed by atoms with E-state index in [0.717, 1.165) is 24.1 Å². The molecule has 2 aromatic rings. The molecular weight excluding hydrogens is 239 g/mol. The van der Waals surface area contributed by atoms with Crippen molar-refractivity contribution in [1.82, 2.24) is 10.3 Å². The Hall–Kier alpha value is -1.74. The van der Waals surface area contributed by atoms with Gasteiger partial charge in [0.05, 0.1) is 6.04 Å². The lowest BCUT2D eigenvalue weighted by atomic mass is 9.98. The highest BCUT2D eigenvalue weighted by Gasteiger charge is 2.14. The average molecular weight is 258 g/mol. The monoisotopic (exact) mass is 258 g/mol. The van der Waals surface area contributed by atoms with E-state index in [1.807, 2.05) is 24.3 Å². The van der Waals surface area contributed by atoms with Gasteiger partial charge >= 0.3 is 0 Å². The molecule has 0 saturated carbocycles. The molecule has 2 nitrogen and oxygen atoms in total. The first-order valence-corrected chi connectivity index (χ1v) is 6.61. The fourth-order valence-electron chi connectivity index (χ4n) is 2.12. The summed E-state index contributed by atoms with van der Waals surface area (Å²) < 4.78 is 13.4. The number of nitrogens with one attached hydrogen (secondary N) is 1. The van der Waals surface area contributed by atoms with E-state index in [9.17, 15) is 4.39 Å². The van der Waals surface area contributed by atoms with Crippen LogP contribution < -0.4 is 5.32 Å². The van der Waals surface area contributed by atoms with Crippen LogP contribution in [0.25, 0.3) is 0 Å². The second-order valence-corrected chi connectivity index (χ2v) is 4.68. The molecule has 1 atom stereocenters. The molecule has 0 radical (unpaired) electrons. The van der Waals surface area contributed by atoms with Gasteiger partial charge < -0.3 is 5.32 Å². The van der Waals surface area contributed by atoms with E-state index in [-0.39, 0.29) is 11.9 Å². The molecule has 1 N–H and O–H groups in total. The van der Waals surface area contributed by atoms with E-state index < -0.39 is 0 Å². The van der Waals surface area contributed by atoms with Crippen LogP contribution in [-0.4, -0.2) is 11.5 Å². The van der Waals surface area contributed by atoms with E-state index in [0.29, 0.717) is 5.56 Å². The number of hydrogen-bond donors (Lipinski definition) is 1. The van der Waals surface area contributed by atoms with Gasteiger partial charge in [-0.1, -0.05) is 19.1 Å². The standard InChI is InChI=1S/C16H19FN2/c1-3-8-19-16(13-6-9-18-10-7-13)14-4-5-15(17)12(2)11-14/h4-7,9-11,16,19H,3,8H2,1-2H3. The third kappa shape index (κ3) is 3.38. The molecule has 1 aromatic heterocycles. The summed E-state index contributed by atoms with van der Waals surface area (Å²) in [5.41, 5.74) is 2.91. The number of hydrogen-bond acceptors (Lipinski definition) is 2. The first-order chi connectivity index (χ1) is 9.22. The minimum atomic E-state index is -0.160. The van der Waals surface area contributed by atoms with Crippen molar-refractivity contribution in [2.24, 2.45) is 0 Å². The Morgan fingerprint density at radius 1 is 1.16 bits per heavy atom. The summed E-state index contributed by atoms with van der Waals surface area (Å²) in [4.78, 5) is 4.05. The van der Waals surface area contributed by atoms with E-state index in [1.54, 1.807) is 19.3 Å². The molecule has 1 aromatic carbocycles. The molecule has 0 bridgehead atoms. The van der Waals surface area contributed by atoms with Gasteiger partial charge in [0.1, 0.15) is 5.82 Å². The summed E-state index contributed by atoms with van der Waals surface area (Å²) in [5.74, 6) is -0.160. The van der Waals surface area contributed by atoms with Crippen molar-refractivity contribution in [2.45, 2.75) is 26.3 Å². The maximum Gasteiger partial charge on any atom is 0.126 e. The molecule has 1 heterocycles. The summed E-state index contributed by atoms with van der Waals surface area (Å²) in [5, 5.41) is 3.50. The minimum Gasteiger partial charge on any atom is -0.306 e. The predicted octanol–water partition coefficient (Wildman–Crippen LogP) is 3.62. The Bertz CT molecular complexity index is 526. The lowest BCUT2D eigenvalue weighted by molar-refractivity contribution is 0.589. The van der Waals surface area contributed by atoms with Crippen LogP contribution in [0.15, 0.2) is 42.7 Å². The lowest BCUT2D eigenvalue weighted by Gasteiger charge is -2.20. The van der Waals surface area contributed by atoms with Crippen LogP contribution in [0.3, 0.4) is 0 Å². The molecule has 1 unspecified atom stereocenters. The van der Waals surface area contributed by atoms with E-state index in [2.05, 4.69) is 17.2 Å². The summed E-state index contributed by atoms with van der Waals surface area (Å²) in [6, 6.07) is 9.35. The van der Waals surface area contributed by atoms with Crippen LogP contribution >= 0.6 is 0 Å². The summed E-state index contributed by atoms with van der Waals surface area (Å²) in [6.07, 6.45) is 4.63. The third-order valence-electron chi connectivity index (χ3n) is 3.15. The van der Waals surface area contributed by atoms with Gasteiger partial charge in [0.15, 0.2) is 0 Å². The van der Waals surface area contributed by atoms with Crippen molar-refractivity contribution >= 4 is 0 Å². The highest BCUT2D eigenvalue weighted by atomic mass is 19.1. The first kappa shape index (κ1) is 13.7. The largest absolute Gasteiger partial charge is 0.306 e. The number of pyridine rings is 1. The Balaban J connectivity index is 2.34. The van der Waals surface area contributed by atoms with Crippen LogP contribution in [0.2, 0.25) is 0 Å². The third-order valence-corrected chi connectivity index (χ3v) is 3.15. The van der Waals surface area contributed by atoms with Crippen molar-refractivity contribution in [3.8, 4) is 0 Å². The summed E-state index contributed by atoms with van der Waals surface area (Å²) in [7, 11) is 0. The lowest BCUT2D eigenvalue weighted by Crippen LogP contribution is -2.23. The molecular formula is C16H19FN2. The highest BCUT2D eigenvalue weighted by Crippen LogP contribution is 2.23. The van der Waals surface area contributed by atoms with E-state index >= 15 is 0 Å². The van der Waals surface area contributed by atoms with Gasteiger partial charge in [-0.05, 0) is 54.8 Å². The Morgan fingerprint density at radius 3 is 2.53 bits per heavy atom. The van der Waals surface area contributed by atoms with Crippen molar-refractivity contribution in [3.63, 3.8) is 0 Å². The number of halogens is 1. The number of aryl methyl sites for hydroxylation is 1. The van der Waals surface area contributed by atoms with Crippen molar-refractivity contribution in [1.29, 1.82) is 0 Å². The fraction of sp³-hybridized carbons (Fsp3) is 0.312. The molecule has 0 saturated heterocycles. The topological polar surface area (TPSA) is 24.9 Å². The molecule has 0 fully saturated rings. The second kappa shape index (κ2) is 6.43. The predicted molar refractivity (Wildman–Crippen MR) is 75.5 cm³/mol. The van der Waals surface area contributed by atoms with Gasteiger partial charge in [-0.15, -0.1) is 0 Å². The molecule has 100 valence electrons. The zero-order valence-corrected chi connectivity index (χ0v) is 11.4. The number of rotatable bonds is 5. The fourth-order valence-corrected chi connectivity index (χ4v) is 2.12. The van der Waals surface area contributed by atoms with Gasteiger partial charge in [0.2, 0.25) is 0 Å². The number of benzene rings is 1. The first-order valence-electron chi connectivity index (χ1n) is 6.61. The van der Waals surface area contributed by atoms with Gasteiger partial charge in [-0.2, -0.15) is 0 Å². The quantitative estimate of drug-likeness (QED) is 0.886. The van der Waals surface area contributed by atoms with Gasteiger partial charge in [0, 0.05) is 12.4 Å². The van der Waals surface area contributed by atoms with Crippen LogP contribution in [0.5, 0.6) is 0 Å². The zero-order chi connectivity index (χ0) is 13.7. The van der Waals surface area contributed by atoms with Crippen molar-refractivity contribution < 1.29 is 4.39 Å². The number of nitrogens with zero attached hydrogens (tertiary/aromatic N) is 1. The molecule has 0 aliphatic carbocycles. The maximum atomic E-state index is 13.4. The van der Waals surface area contributed by atoms with Crippen LogP contribution in [0, 0.1) is 12.7 Å². The molecule has 2 rings (SSSR count). The van der Waals surface area contributed by atoms with Gasteiger partial charge in [-0.3, -0.25) is 4.98 Å². The number of aromatic nitrogens is 1. The maximum absolute atomic E-state index is 13.4. The molecule has 0 amide bonds. The van der Waals surface area contributed by atoms with Crippen LogP contribution in [0.1, 0.15) is 36.1 Å². The van der Waals surface area contributed by atoms with E-state index in [1.165, 1.54) is 6.07 Å². The zero-order valence-electron chi connectivity index (χ0n) is 11.4. The summed E-state index contributed by atoms with van der Waals surface area (Å²) >= 11 is 0. The smallest absolute Gasteiger partial charge is 0.126 e. The Kier molecular flexibility index (Phi) is 4.63. The Labute approximate surface area is 113 Å².